The van der Waals surface area contributed by atoms with Gasteiger partial charge in [0.2, 0.25) is 10.0 Å². The highest BCUT2D eigenvalue weighted by atomic mass is 32.2. The van der Waals surface area contributed by atoms with Gasteiger partial charge in [-0.25, -0.2) is 18.5 Å². The van der Waals surface area contributed by atoms with Crippen molar-refractivity contribution < 1.29 is 13.2 Å². The zero-order valence-corrected chi connectivity index (χ0v) is 16.3. The molecule has 1 aromatic heterocycles. The number of hydrogen-bond donors (Lipinski definition) is 1. The first-order chi connectivity index (χ1) is 12.4. The van der Waals surface area contributed by atoms with Crippen LogP contribution in [-0.2, 0) is 23.0 Å². The zero-order chi connectivity index (χ0) is 18.7. The highest BCUT2D eigenvalue weighted by molar-refractivity contribution is 7.99. The van der Waals surface area contributed by atoms with Gasteiger partial charge in [0.15, 0.2) is 5.16 Å². The van der Waals surface area contributed by atoms with E-state index in [4.69, 9.17) is 9.88 Å². The van der Waals surface area contributed by atoms with Crippen molar-refractivity contribution in [3.05, 3.63) is 48.0 Å². The summed E-state index contributed by atoms with van der Waals surface area (Å²) >= 11 is 1.66. The van der Waals surface area contributed by atoms with E-state index in [1.54, 1.807) is 24.9 Å². The summed E-state index contributed by atoms with van der Waals surface area (Å²) in [6.45, 7) is 2.80. The number of nitrogens with two attached hydrogens (primary N) is 1. The topological polar surface area (TPSA) is 87.2 Å². The minimum absolute atomic E-state index is 0.0838. The van der Waals surface area contributed by atoms with Crippen LogP contribution in [0.3, 0.4) is 0 Å². The van der Waals surface area contributed by atoms with E-state index in [1.807, 2.05) is 19.1 Å². The number of nitrogens with zero attached hydrogens (tertiary/aromatic N) is 2. The average Bonchev–Trinajstić information content (AvgIpc) is 2.98. The molecule has 0 unspecified atom stereocenters. The number of aryl methyl sites for hydroxylation is 2. The molecule has 2 aromatic carbocycles. The Morgan fingerprint density at radius 3 is 2.54 bits per heavy atom. The molecule has 3 rings (SSSR count). The predicted octanol–water partition coefficient (Wildman–Crippen LogP) is 3.05. The van der Waals surface area contributed by atoms with Gasteiger partial charge in [-0.15, -0.1) is 0 Å². The number of rotatable bonds is 7. The van der Waals surface area contributed by atoms with E-state index in [0.29, 0.717) is 5.52 Å². The lowest BCUT2D eigenvalue weighted by atomic mass is 10.2. The third-order valence-electron chi connectivity index (χ3n) is 4.11. The van der Waals surface area contributed by atoms with Crippen LogP contribution in [0.25, 0.3) is 11.0 Å². The van der Waals surface area contributed by atoms with E-state index in [0.717, 1.165) is 35.1 Å². The van der Waals surface area contributed by atoms with E-state index in [1.165, 1.54) is 17.7 Å². The molecule has 0 amide bonds. The smallest absolute Gasteiger partial charge is 0.238 e. The van der Waals surface area contributed by atoms with Crippen LogP contribution in [0.15, 0.2) is 52.5 Å². The van der Waals surface area contributed by atoms with Crippen molar-refractivity contribution in [2.45, 2.75) is 29.9 Å². The number of fused-ring (bicyclic) bond motifs is 1. The Balaban J connectivity index is 1.78. The molecule has 0 aliphatic heterocycles. The summed E-state index contributed by atoms with van der Waals surface area (Å²) in [4.78, 5) is 4.69. The lowest BCUT2D eigenvalue weighted by molar-refractivity contribution is 0.414. The maximum Gasteiger partial charge on any atom is 0.238 e. The second-order valence-corrected chi connectivity index (χ2v) is 8.40. The molecule has 0 aliphatic carbocycles. The van der Waals surface area contributed by atoms with Gasteiger partial charge in [0.1, 0.15) is 5.75 Å². The molecular formula is C18H21N3O3S2. The number of benzene rings is 2. The molecule has 8 heteroatoms. The van der Waals surface area contributed by atoms with Crippen molar-refractivity contribution in [2.75, 3.05) is 12.9 Å². The normalized spacial score (nSPS) is 11.8. The molecule has 3 aromatic rings. The standard InChI is InChI=1S/C18H21N3O3S2/c1-3-21-17-9-8-15(26(19,22)23)12-16(17)20-18(21)25-11-10-13-4-6-14(24-2)7-5-13/h4-9,12H,3,10-11H2,1-2H3,(H2,19,22,23). The second kappa shape index (κ2) is 7.69. The maximum absolute atomic E-state index is 11.5. The fourth-order valence-corrected chi connectivity index (χ4v) is 4.33. The summed E-state index contributed by atoms with van der Waals surface area (Å²) in [5, 5.41) is 6.09. The molecule has 0 bridgehead atoms. The number of imidazole rings is 1. The lowest BCUT2D eigenvalue weighted by Crippen LogP contribution is -2.11. The van der Waals surface area contributed by atoms with Crippen molar-refractivity contribution in [1.82, 2.24) is 9.55 Å². The van der Waals surface area contributed by atoms with Gasteiger partial charge in [0, 0.05) is 12.3 Å². The van der Waals surface area contributed by atoms with Crippen LogP contribution in [0.1, 0.15) is 12.5 Å². The van der Waals surface area contributed by atoms with Gasteiger partial charge in [-0.1, -0.05) is 23.9 Å². The Morgan fingerprint density at radius 2 is 1.92 bits per heavy atom. The highest BCUT2D eigenvalue weighted by Crippen LogP contribution is 2.26. The molecular weight excluding hydrogens is 370 g/mol. The Morgan fingerprint density at radius 1 is 1.19 bits per heavy atom. The molecule has 26 heavy (non-hydrogen) atoms. The minimum atomic E-state index is -3.73. The zero-order valence-electron chi connectivity index (χ0n) is 14.7. The van der Waals surface area contributed by atoms with Gasteiger partial charge >= 0.3 is 0 Å². The SMILES string of the molecule is CCn1c(SCCc2ccc(OC)cc2)nc2cc(S(N)(=O)=O)ccc21. The molecule has 0 fully saturated rings. The van der Waals surface area contributed by atoms with E-state index in [-0.39, 0.29) is 4.90 Å². The van der Waals surface area contributed by atoms with E-state index in [2.05, 4.69) is 21.7 Å². The molecule has 138 valence electrons. The van der Waals surface area contributed by atoms with Crippen LogP contribution in [0.4, 0.5) is 0 Å². The molecule has 0 spiro atoms. The Kier molecular flexibility index (Phi) is 5.55. The van der Waals surface area contributed by atoms with E-state index >= 15 is 0 Å². The van der Waals surface area contributed by atoms with E-state index in [9.17, 15) is 8.42 Å². The number of methoxy groups -OCH3 is 1. The lowest BCUT2D eigenvalue weighted by Gasteiger charge is -2.06. The molecule has 0 aliphatic rings. The second-order valence-electron chi connectivity index (χ2n) is 5.78. The third-order valence-corrected chi connectivity index (χ3v) is 6.00. The van der Waals surface area contributed by atoms with E-state index < -0.39 is 10.0 Å². The first kappa shape index (κ1) is 18.8. The van der Waals surface area contributed by atoms with Crippen molar-refractivity contribution in [2.24, 2.45) is 5.14 Å². The first-order valence-electron chi connectivity index (χ1n) is 8.21. The number of thioether (sulfide) groups is 1. The maximum atomic E-state index is 11.5. The molecule has 1 heterocycles. The predicted molar refractivity (Wildman–Crippen MR) is 104 cm³/mol. The quantitative estimate of drug-likeness (QED) is 0.626. The molecule has 0 saturated heterocycles. The van der Waals surface area contributed by atoms with Gasteiger partial charge in [-0.2, -0.15) is 0 Å². The van der Waals surface area contributed by atoms with Gasteiger partial charge < -0.3 is 9.30 Å². The van der Waals surface area contributed by atoms with Crippen molar-refractivity contribution in [3.8, 4) is 5.75 Å². The molecule has 2 N–H and O–H groups in total. The minimum Gasteiger partial charge on any atom is -0.497 e. The number of ether oxygens (including phenoxy) is 1. The summed E-state index contributed by atoms with van der Waals surface area (Å²) in [7, 11) is -2.08. The van der Waals surface area contributed by atoms with Gasteiger partial charge in [-0.05, 0) is 49.2 Å². The summed E-state index contributed by atoms with van der Waals surface area (Å²) in [5.41, 5.74) is 2.78. The number of hydrogen-bond acceptors (Lipinski definition) is 5. The first-order valence-corrected chi connectivity index (χ1v) is 10.7. The summed E-state index contributed by atoms with van der Waals surface area (Å²) in [6.07, 6.45) is 0.907. The Bertz CT molecular complexity index is 1010. The number of primary sulfonamides is 1. The third kappa shape index (κ3) is 4.03. The van der Waals surface area contributed by atoms with Crippen LogP contribution in [0, 0.1) is 0 Å². The largest absolute Gasteiger partial charge is 0.497 e. The van der Waals surface area contributed by atoms with Crippen molar-refractivity contribution in [1.29, 1.82) is 0 Å². The van der Waals surface area contributed by atoms with Gasteiger partial charge in [0.25, 0.3) is 0 Å². The fourth-order valence-electron chi connectivity index (χ4n) is 2.73. The number of sulfonamides is 1. The van der Waals surface area contributed by atoms with Crippen LogP contribution in [0.2, 0.25) is 0 Å². The fraction of sp³-hybridized carbons (Fsp3) is 0.278. The van der Waals surface area contributed by atoms with Crippen molar-refractivity contribution >= 4 is 32.8 Å². The molecule has 0 saturated carbocycles. The van der Waals surface area contributed by atoms with Crippen LogP contribution < -0.4 is 9.88 Å². The van der Waals surface area contributed by atoms with Crippen LogP contribution >= 0.6 is 11.8 Å². The number of aromatic nitrogens is 2. The average molecular weight is 392 g/mol. The van der Waals surface area contributed by atoms with Crippen LogP contribution in [-0.4, -0.2) is 30.8 Å². The summed E-state index contributed by atoms with van der Waals surface area (Å²) < 4.78 is 30.3. The Labute approximate surface area is 157 Å². The van der Waals surface area contributed by atoms with Crippen molar-refractivity contribution in [3.63, 3.8) is 0 Å². The highest BCUT2D eigenvalue weighted by Gasteiger charge is 2.14. The molecule has 0 radical (unpaired) electrons. The summed E-state index contributed by atoms with van der Waals surface area (Å²) in [5.74, 6) is 1.72. The van der Waals surface area contributed by atoms with Gasteiger partial charge in [0.05, 0.1) is 23.0 Å². The van der Waals surface area contributed by atoms with Crippen LogP contribution in [0.5, 0.6) is 5.75 Å². The Hall–Kier alpha value is -2.03. The molecule has 6 nitrogen and oxygen atoms in total. The monoisotopic (exact) mass is 391 g/mol. The summed E-state index contributed by atoms with van der Waals surface area (Å²) in [6, 6.07) is 12.8. The molecule has 0 atom stereocenters. The van der Waals surface area contributed by atoms with Gasteiger partial charge in [-0.3, -0.25) is 0 Å².